The molecule has 0 bridgehead atoms. The molecule has 0 aromatic rings. The van der Waals surface area contributed by atoms with Crippen LogP contribution in [0.3, 0.4) is 0 Å². The molecule has 0 spiro atoms. The highest BCUT2D eigenvalue weighted by Crippen LogP contribution is 2.38. The van der Waals surface area contributed by atoms with Crippen LogP contribution in [0.5, 0.6) is 0 Å². The minimum absolute atomic E-state index is 0.0497. The first-order chi connectivity index (χ1) is 9.94. The first-order valence-electron chi connectivity index (χ1n) is 8.20. The van der Waals surface area contributed by atoms with Gasteiger partial charge in [0.2, 0.25) is 5.91 Å². The van der Waals surface area contributed by atoms with Crippen LogP contribution in [-0.2, 0) is 9.59 Å². The molecule has 0 radical (unpaired) electrons. The fraction of sp³-hybridized carbons (Fsp3) is 0.875. The Balaban J connectivity index is 2.11. The fourth-order valence-electron chi connectivity index (χ4n) is 3.88. The molecule has 1 aliphatic carbocycles. The highest BCUT2D eigenvalue weighted by atomic mass is 16.4. The first kappa shape index (κ1) is 16.3. The van der Waals surface area contributed by atoms with Crippen LogP contribution in [0.1, 0.15) is 58.8 Å². The Morgan fingerprint density at radius 1 is 1.33 bits per heavy atom. The van der Waals surface area contributed by atoms with Crippen LogP contribution in [0.4, 0.5) is 0 Å². The molecule has 3 unspecified atom stereocenters. The van der Waals surface area contributed by atoms with E-state index in [1.54, 1.807) is 6.92 Å². The van der Waals surface area contributed by atoms with E-state index in [2.05, 4.69) is 17.6 Å². The molecule has 2 aliphatic rings. The highest BCUT2D eigenvalue weighted by molar-refractivity contribution is 5.85. The fourth-order valence-corrected chi connectivity index (χ4v) is 3.88. The van der Waals surface area contributed by atoms with E-state index >= 15 is 0 Å². The van der Waals surface area contributed by atoms with Crippen LogP contribution in [0.2, 0.25) is 0 Å². The van der Waals surface area contributed by atoms with E-state index in [9.17, 15) is 14.7 Å². The van der Waals surface area contributed by atoms with Gasteiger partial charge in [0.05, 0.1) is 10.8 Å². The summed E-state index contributed by atoms with van der Waals surface area (Å²) in [6, 6.07) is -0.245. The predicted octanol–water partition coefficient (Wildman–Crippen LogP) is 1.92. The van der Waals surface area contributed by atoms with Gasteiger partial charge in [0.1, 0.15) is 0 Å². The van der Waals surface area contributed by atoms with Crippen LogP contribution in [0, 0.1) is 10.8 Å². The SMILES string of the molecule is CCCC1(C(=O)NC2CCCCC2(C)C(=O)O)CCNC1. The molecule has 0 aromatic carbocycles. The predicted molar refractivity (Wildman–Crippen MR) is 81.0 cm³/mol. The normalized spacial score (nSPS) is 36.4. The highest BCUT2D eigenvalue weighted by Gasteiger charge is 2.47. The number of aliphatic carboxylic acids is 1. The Bertz CT molecular complexity index is 404. The summed E-state index contributed by atoms with van der Waals surface area (Å²) in [4.78, 5) is 24.4. The summed E-state index contributed by atoms with van der Waals surface area (Å²) in [5.74, 6) is -0.740. The summed E-state index contributed by atoms with van der Waals surface area (Å²) in [6.45, 7) is 5.45. The molecule has 2 fully saturated rings. The van der Waals surface area contributed by atoms with E-state index in [1.165, 1.54) is 0 Å². The van der Waals surface area contributed by atoms with Gasteiger partial charge in [-0.25, -0.2) is 0 Å². The number of amides is 1. The van der Waals surface area contributed by atoms with Gasteiger partial charge in [-0.2, -0.15) is 0 Å². The Labute approximate surface area is 126 Å². The van der Waals surface area contributed by atoms with Gasteiger partial charge in [-0.1, -0.05) is 26.2 Å². The third kappa shape index (κ3) is 3.07. The lowest BCUT2D eigenvalue weighted by Crippen LogP contribution is -2.55. The number of hydrogen-bond acceptors (Lipinski definition) is 3. The molecule has 1 heterocycles. The second-order valence-electron chi connectivity index (χ2n) is 6.95. The van der Waals surface area contributed by atoms with Crippen molar-refractivity contribution in [3.8, 4) is 0 Å². The summed E-state index contributed by atoms with van der Waals surface area (Å²) in [7, 11) is 0. The second kappa shape index (κ2) is 6.34. The van der Waals surface area contributed by atoms with Crippen molar-refractivity contribution in [3.63, 3.8) is 0 Å². The van der Waals surface area contributed by atoms with Crippen LogP contribution in [0.15, 0.2) is 0 Å². The molecule has 21 heavy (non-hydrogen) atoms. The largest absolute Gasteiger partial charge is 0.481 e. The Hall–Kier alpha value is -1.10. The maximum atomic E-state index is 12.8. The summed E-state index contributed by atoms with van der Waals surface area (Å²) in [5, 5.41) is 15.9. The summed E-state index contributed by atoms with van der Waals surface area (Å²) >= 11 is 0. The molecule has 120 valence electrons. The lowest BCUT2D eigenvalue weighted by molar-refractivity contribution is -0.152. The van der Waals surface area contributed by atoms with Crippen molar-refractivity contribution in [1.82, 2.24) is 10.6 Å². The lowest BCUT2D eigenvalue weighted by atomic mass is 9.71. The molecular formula is C16H28N2O3. The van der Waals surface area contributed by atoms with Crippen molar-refractivity contribution in [2.24, 2.45) is 10.8 Å². The minimum Gasteiger partial charge on any atom is -0.481 e. The molecule has 1 saturated heterocycles. The topological polar surface area (TPSA) is 78.4 Å². The van der Waals surface area contributed by atoms with Crippen LogP contribution in [0.25, 0.3) is 0 Å². The Kier molecular flexibility index (Phi) is 4.91. The number of carboxylic acid groups (broad SMARTS) is 1. The average molecular weight is 296 g/mol. The third-order valence-electron chi connectivity index (χ3n) is 5.46. The first-order valence-corrected chi connectivity index (χ1v) is 8.20. The van der Waals surface area contributed by atoms with Gasteiger partial charge in [0.15, 0.2) is 0 Å². The van der Waals surface area contributed by atoms with E-state index in [-0.39, 0.29) is 17.4 Å². The molecule has 5 nitrogen and oxygen atoms in total. The minimum atomic E-state index is -0.826. The quantitative estimate of drug-likeness (QED) is 0.724. The third-order valence-corrected chi connectivity index (χ3v) is 5.46. The molecular weight excluding hydrogens is 268 g/mol. The number of carboxylic acids is 1. The number of hydrogen-bond donors (Lipinski definition) is 3. The van der Waals surface area contributed by atoms with Crippen molar-refractivity contribution < 1.29 is 14.7 Å². The summed E-state index contributed by atoms with van der Waals surface area (Å²) in [5.41, 5.74) is -1.17. The molecule has 3 atom stereocenters. The zero-order valence-corrected chi connectivity index (χ0v) is 13.2. The summed E-state index contributed by atoms with van der Waals surface area (Å²) in [6.07, 6.45) is 6.02. The van der Waals surface area contributed by atoms with Gasteiger partial charge in [-0.3, -0.25) is 9.59 Å². The Morgan fingerprint density at radius 2 is 2.10 bits per heavy atom. The van der Waals surface area contributed by atoms with Gasteiger partial charge in [-0.05, 0) is 39.2 Å². The van der Waals surface area contributed by atoms with E-state index in [0.717, 1.165) is 45.1 Å². The molecule has 5 heteroatoms. The molecule has 2 rings (SSSR count). The van der Waals surface area contributed by atoms with E-state index in [0.29, 0.717) is 13.0 Å². The van der Waals surface area contributed by atoms with Crippen molar-refractivity contribution in [2.75, 3.05) is 13.1 Å². The van der Waals surface area contributed by atoms with Gasteiger partial charge in [0.25, 0.3) is 0 Å². The van der Waals surface area contributed by atoms with Crippen LogP contribution in [-0.4, -0.2) is 36.1 Å². The molecule has 0 aromatic heterocycles. The Morgan fingerprint density at radius 3 is 2.67 bits per heavy atom. The van der Waals surface area contributed by atoms with Crippen molar-refractivity contribution in [1.29, 1.82) is 0 Å². The van der Waals surface area contributed by atoms with Crippen molar-refractivity contribution >= 4 is 11.9 Å². The van der Waals surface area contributed by atoms with Crippen LogP contribution < -0.4 is 10.6 Å². The lowest BCUT2D eigenvalue weighted by Gasteiger charge is -2.40. The van der Waals surface area contributed by atoms with E-state index in [1.807, 2.05) is 0 Å². The molecule has 1 saturated carbocycles. The zero-order chi connectivity index (χ0) is 15.5. The average Bonchev–Trinajstić information content (AvgIpc) is 2.91. The molecule has 1 amide bonds. The second-order valence-corrected chi connectivity index (χ2v) is 6.95. The number of carbonyl (C=O) groups is 2. The number of carbonyl (C=O) groups excluding carboxylic acids is 1. The van der Waals surface area contributed by atoms with Gasteiger partial charge in [0, 0.05) is 12.6 Å². The van der Waals surface area contributed by atoms with Gasteiger partial charge < -0.3 is 15.7 Å². The van der Waals surface area contributed by atoms with Gasteiger partial charge in [-0.15, -0.1) is 0 Å². The number of rotatable bonds is 5. The van der Waals surface area contributed by atoms with Crippen molar-refractivity contribution in [2.45, 2.75) is 64.8 Å². The summed E-state index contributed by atoms with van der Waals surface area (Å²) < 4.78 is 0. The monoisotopic (exact) mass is 296 g/mol. The van der Waals surface area contributed by atoms with E-state index < -0.39 is 11.4 Å². The molecule has 3 N–H and O–H groups in total. The van der Waals surface area contributed by atoms with E-state index in [4.69, 9.17) is 0 Å². The van der Waals surface area contributed by atoms with Crippen molar-refractivity contribution in [3.05, 3.63) is 0 Å². The zero-order valence-electron chi connectivity index (χ0n) is 13.2. The maximum absolute atomic E-state index is 12.8. The molecule has 1 aliphatic heterocycles. The standard InChI is InChI=1S/C16H28N2O3/c1-3-7-16(9-10-17-11-16)13(19)18-12-6-4-5-8-15(12,2)14(20)21/h12,17H,3-11H2,1-2H3,(H,18,19)(H,20,21). The smallest absolute Gasteiger partial charge is 0.311 e. The maximum Gasteiger partial charge on any atom is 0.311 e. The van der Waals surface area contributed by atoms with Crippen LogP contribution >= 0.6 is 0 Å². The number of nitrogens with one attached hydrogen (secondary N) is 2. The van der Waals surface area contributed by atoms with Gasteiger partial charge >= 0.3 is 5.97 Å².